The number of hydrogen-bond donors (Lipinski definition) is 0. The lowest BCUT2D eigenvalue weighted by atomic mass is 9.33. The van der Waals surface area contributed by atoms with Crippen LogP contribution in [-0.2, 0) is 0 Å². The molecule has 0 aromatic carbocycles. The molecule has 1 aliphatic heterocycles. The second-order valence-corrected chi connectivity index (χ2v) is 8.10. The van der Waals surface area contributed by atoms with Crippen LogP contribution in [0.2, 0.25) is 19.4 Å². The predicted molar refractivity (Wildman–Crippen MR) is 81.2 cm³/mol. The van der Waals surface area contributed by atoms with E-state index in [1.165, 1.54) is 12.5 Å². The molecule has 0 amide bonds. The first-order valence-electron chi connectivity index (χ1n) is 7.08. The molecule has 1 radical (unpaired) electrons. The van der Waals surface area contributed by atoms with Crippen molar-refractivity contribution in [2.24, 2.45) is 10.8 Å². The van der Waals surface area contributed by atoms with Gasteiger partial charge in [-0.25, -0.2) is 0 Å². The molecule has 1 heterocycles. The van der Waals surface area contributed by atoms with Crippen LogP contribution in [0.25, 0.3) is 0 Å². The maximum absolute atomic E-state index is 2.66. The van der Waals surface area contributed by atoms with E-state index in [4.69, 9.17) is 0 Å². The third-order valence-electron chi connectivity index (χ3n) is 4.28. The van der Waals surface area contributed by atoms with Gasteiger partial charge >= 0.3 is 0 Å². The van der Waals surface area contributed by atoms with Gasteiger partial charge in [-0.1, -0.05) is 60.9 Å². The Hall–Kier alpha value is 0.0899. The lowest BCUT2D eigenvalue weighted by Gasteiger charge is -2.47. The molecule has 0 aliphatic carbocycles. The Kier molecular flexibility index (Phi) is 4.45. The van der Waals surface area contributed by atoms with E-state index in [-0.39, 0.29) is 0 Å². The Morgan fingerprint density at radius 2 is 1.59 bits per heavy atom. The first-order chi connectivity index (χ1) is 7.55. The van der Waals surface area contributed by atoms with Crippen molar-refractivity contribution in [2.45, 2.75) is 72.9 Å². The zero-order valence-electron chi connectivity index (χ0n) is 13.2. The molecule has 0 aromatic rings. The summed E-state index contributed by atoms with van der Waals surface area (Å²) in [5.41, 5.74) is 0.717. The zero-order chi connectivity index (χ0) is 13.4. The Balaban J connectivity index is 3.01. The molecule has 17 heavy (non-hydrogen) atoms. The van der Waals surface area contributed by atoms with Crippen molar-refractivity contribution in [1.29, 1.82) is 0 Å². The zero-order valence-corrected chi connectivity index (χ0v) is 13.2. The van der Waals surface area contributed by atoms with Crippen LogP contribution in [0.5, 0.6) is 0 Å². The van der Waals surface area contributed by atoms with Crippen LogP contribution < -0.4 is 0 Å². The Morgan fingerprint density at radius 3 is 2.00 bits per heavy atom. The summed E-state index contributed by atoms with van der Waals surface area (Å²) in [5, 5.41) is 0. The van der Waals surface area contributed by atoms with Gasteiger partial charge in [0.1, 0.15) is 14.0 Å². The largest absolute Gasteiger partial charge is 0.307 e. The highest BCUT2D eigenvalue weighted by Crippen LogP contribution is 2.36. The van der Waals surface area contributed by atoms with Crippen LogP contribution in [0, 0.1) is 10.8 Å². The fourth-order valence-electron chi connectivity index (χ4n) is 3.84. The van der Waals surface area contributed by atoms with Crippen LogP contribution in [-0.4, -0.2) is 37.9 Å². The molecule has 0 N–H and O–H groups in total. The second kappa shape index (κ2) is 4.99. The summed E-state index contributed by atoms with van der Waals surface area (Å²) in [6, 6.07) is 0.664. The summed E-state index contributed by atoms with van der Waals surface area (Å²) in [5.74, 6) is 0.672. The molecule has 2 atom stereocenters. The second-order valence-electron chi connectivity index (χ2n) is 8.10. The van der Waals surface area contributed by atoms with Gasteiger partial charge in [-0.05, 0) is 23.8 Å². The standard InChI is InChI=1S/C14H30B2N/c1-13(2,3)11-9-15-10-16(7)12(17(11)8)14(4,5)6/h11-12H,9-10H2,1-8H3. The monoisotopic (exact) mass is 234 g/mol. The Bertz CT molecular complexity index is 252. The summed E-state index contributed by atoms with van der Waals surface area (Å²) in [4.78, 5) is 2.66. The first kappa shape index (κ1) is 15.1. The third-order valence-corrected chi connectivity index (χ3v) is 4.28. The molecule has 1 aliphatic rings. The summed E-state index contributed by atoms with van der Waals surface area (Å²) >= 11 is 0. The average Bonchev–Trinajstić information content (AvgIpc) is 2.20. The summed E-state index contributed by atoms with van der Waals surface area (Å²) in [7, 11) is 4.85. The number of rotatable bonds is 0. The van der Waals surface area contributed by atoms with Crippen LogP contribution >= 0.6 is 0 Å². The number of nitrogens with zero attached hydrogens (tertiary/aromatic N) is 1. The van der Waals surface area contributed by atoms with Gasteiger partial charge in [0.05, 0.1) is 0 Å². The van der Waals surface area contributed by atoms with Crippen molar-refractivity contribution in [1.82, 2.24) is 4.90 Å². The lowest BCUT2D eigenvalue weighted by Crippen LogP contribution is -2.55. The highest BCUT2D eigenvalue weighted by molar-refractivity contribution is 6.70. The topological polar surface area (TPSA) is 3.24 Å². The lowest BCUT2D eigenvalue weighted by molar-refractivity contribution is 0.0814. The van der Waals surface area contributed by atoms with Gasteiger partial charge in [-0.2, -0.15) is 0 Å². The Labute approximate surface area is 110 Å². The third kappa shape index (κ3) is 3.53. The van der Waals surface area contributed by atoms with Gasteiger partial charge in [0.2, 0.25) is 0 Å². The number of hydrogen-bond acceptors (Lipinski definition) is 1. The molecule has 1 saturated heterocycles. The minimum absolute atomic E-state index is 0.357. The van der Waals surface area contributed by atoms with Crippen LogP contribution in [0.4, 0.5) is 0 Å². The molecule has 1 nitrogen and oxygen atoms in total. The van der Waals surface area contributed by atoms with Crippen molar-refractivity contribution in [3.63, 3.8) is 0 Å². The summed E-state index contributed by atoms with van der Waals surface area (Å²) in [6.07, 6.45) is 2.50. The minimum Gasteiger partial charge on any atom is -0.307 e. The molecule has 0 spiro atoms. The fraction of sp³-hybridized carbons (Fsp3) is 1.00. The van der Waals surface area contributed by atoms with Crippen molar-refractivity contribution < 1.29 is 0 Å². The molecule has 0 bridgehead atoms. The molecule has 0 aromatic heterocycles. The maximum atomic E-state index is 2.66. The van der Waals surface area contributed by atoms with Crippen molar-refractivity contribution in [3.05, 3.63) is 0 Å². The van der Waals surface area contributed by atoms with Gasteiger partial charge in [-0.15, -0.1) is 0 Å². The van der Waals surface area contributed by atoms with Gasteiger partial charge in [0, 0.05) is 6.04 Å². The fourth-order valence-corrected chi connectivity index (χ4v) is 3.84. The Morgan fingerprint density at radius 1 is 1.06 bits per heavy atom. The smallest absolute Gasteiger partial charge is 0.150 e. The maximum Gasteiger partial charge on any atom is 0.150 e. The van der Waals surface area contributed by atoms with Gasteiger partial charge in [0.25, 0.3) is 0 Å². The quantitative estimate of drug-likeness (QED) is 0.579. The van der Waals surface area contributed by atoms with Crippen molar-refractivity contribution in [2.75, 3.05) is 7.05 Å². The van der Waals surface area contributed by atoms with Crippen LogP contribution in [0.3, 0.4) is 0 Å². The highest BCUT2D eigenvalue weighted by Gasteiger charge is 2.42. The first-order valence-corrected chi connectivity index (χ1v) is 7.08. The SMILES string of the molecule is CB1C[B]CC(C(C)(C)C)N(C)C1C(C)(C)C. The molecule has 3 heteroatoms. The molecule has 0 saturated carbocycles. The summed E-state index contributed by atoms with van der Waals surface area (Å²) in [6.45, 7) is 17.4. The van der Waals surface area contributed by atoms with Crippen LogP contribution in [0.15, 0.2) is 0 Å². The van der Waals surface area contributed by atoms with E-state index >= 15 is 0 Å². The van der Waals surface area contributed by atoms with Gasteiger partial charge in [-0.3, -0.25) is 0 Å². The molecule has 2 unspecified atom stereocenters. The molecular formula is C14H30B2N. The van der Waals surface area contributed by atoms with E-state index < -0.39 is 0 Å². The molecule has 1 rings (SSSR count). The minimum atomic E-state index is 0.357. The van der Waals surface area contributed by atoms with Gasteiger partial charge in [0.15, 0.2) is 0 Å². The van der Waals surface area contributed by atoms with Gasteiger partial charge < -0.3 is 4.90 Å². The molecule has 1 fully saturated rings. The molecular weight excluding hydrogens is 204 g/mol. The molecule has 97 valence electrons. The van der Waals surface area contributed by atoms with Crippen molar-refractivity contribution in [3.8, 4) is 0 Å². The van der Waals surface area contributed by atoms with E-state index in [9.17, 15) is 0 Å². The van der Waals surface area contributed by atoms with E-state index in [0.29, 0.717) is 22.8 Å². The normalized spacial score (nSPS) is 28.8. The van der Waals surface area contributed by atoms with E-state index in [1.54, 1.807) is 0 Å². The highest BCUT2D eigenvalue weighted by atomic mass is 15.2. The summed E-state index contributed by atoms with van der Waals surface area (Å²) < 4.78 is 0. The van der Waals surface area contributed by atoms with E-state index in [1.807, 2.05) is 0 Å². The van der Waals surface area contributed by atoms with E-state index in [2.05, 4.69) is 67.6 Å². The van der Waals surface area contributed by atoms with Crippen LogP contribution in [0.1, 0.15) is 41.5 Å². The van der Waals surface area contributed by atoms with E-state index in [0.717, 1.165) is 6.71 Å². The average molecular weight is 234 g/mol. The van der Waals surface area contributed by atoms with Crippen molar-refractivity contribution >= 4 is 14.0 Å². The predicted octanol–water partition coefficient (Wildman–Crippen LogP) is 3.51.